The fourth-order valence-electron chi connectivity index (χ4n) is 5.98. The predicted molar refractivity (Wildman–Crippen MR) is 157 cm³/mol. The molecule has 41 heavy (non-hydrogen) atoms. The Bertz CT molecular complexity index is 1410. The number of fused-ring (bicyclic) bond motifs is 4. The highest BCUT2D eigenvalue weighted by Gasteiger charge is 2.54. The van der Waals surface area contributed by atoms with Gasteiger partial charge in [0.2, 0.25) is 5.91 Å². The average molecular weight is 621 g/mol. The molecule has 7 rings (SSSR count). The fraction of sp³-hybridized carbons (Fsp3) is 0.394. The number of hydrogen-bond donors (Lipinski definition) is 0. The van der Waals surface area contributed by atoms with E-state index in [1.54, 1.807) is 6.07 Å². The maximum Gasteiger partial charge on any atom is 0.228 e. The third-order valence-corrected chi connectivity index (χ3v) is 8.65. The van der Waals surface area contributed by atoms with Crippen LogP contribution in [0.15, 0.2) is 78.9 Å². The van der Waals surface area contributed by atoms with E-state index in [1.807, 2.05) is 79.4 Å². The number of Topliss-reactive ketones (excluding diaryl/α,β-unsaturated/α-hetero) is 1. The number of benzene rings is 3. The zero-order valence-electron chi connectivity index (χ0n) is 23.2. The molecular formula is C33H34BrNO6. The molecule has 0 aromatic heterocycles. The van der Waals surface area contributed by atoms with Crippen molar-refractivity contribution >= 4 is 27.6 Å². The number of ketones is 1. The van der Waals surface area contributed by atoms with E-state index in [-0.39, 0.29) is 40.7 Å². The molecule has 0 N–H and O–H groups in total. The van der Waals surface area contributed by atoms with Gasteiger partial charge in [0, 0.05) is 11.5 Å². The average Bonchev–Trinajstić information content (AvgIpc) is 3.75. The van der Waals surface area contributed by atoms with E-state index in [2.05, 4.69) is 28.1 Å². The maximum absolute atomic E-state index is 13.9. The van der Waals surface area contributed by atoms with Gasteiger partial charge in [-0.25, -0.2) is 0 Å². The molecule has 8 heteroatoms. The Balaban J connectivity index is 0.000000210. The number of amides is 1. The largest absolute Gasteiger partial charge is 0.491 e. The minimum Gasteiger partial charge on any atom is -0.491 e. The number of carbonyl (C=O) groups is 2. The van der Waals surface area contributed by atoms with Crippen LogP contribution in [0, 0.1) is 5.92 Å². The molecule has 214 valence electrons. The van der Waals surface area contributed by atoms with Gasteiger partial charge in [-0.05, 0) is 50.5 Å². The summed E-state index contributed by atoms with van der Waals surface area (Å²) in [7, 11) is 0. The molecule has 0 saturated carbocycles. The first kappa shape index (κ1) is 27.9. The summed E-state index contributed by atoms with van der Waals surface area (Å²) >= 11 is 3.25. The Kier molecular flexibility index (Phi) is 7.90. The molecular weight excluding hydrogens is 586 g/mol. The van der Waals surface area contributed by atoms with Crippen molar-refractivity contribution < 1.29 is 28.5 Å². The number of nitrogens with zero attached hydrogens (tertiary/aromatic N) is 1. The third kappa shape index (κ3) is 5.92. The number of para-hydroxylation sites is 2. The van der Waals surface area contributed by atoms with Crippen molar-refractivity contribution in [3.63, 3.8) is 0 Å². The molecule has 5 atom stereocenters. The highest BCUT2D eigenvalue weighted by molar-refractivity contribution is 9.10. The van der Waals surface area contributed by atoms with Gasteiger partial charge in [-0.1, -0.05) is 76.6 Å². The normalized spacial score (nSPS) is 25.7. The van der Waals surface area contributed by atoms with E-state index < -0.39 is 5.72 Å². The minimum atomic E-state index is -0.688. The van der Waals surface area contributed by atoms with Gasteiger partial charge < -0.3 is 23.8 Å². The second-order valence-electron chi connectivity index (χ2n) is 11.3. The highest BCUT2D eigenvalue weighted by atomic mass is 79.9. The number of epoxide rings is 1. The van der Waals surface area contributed by atoms with Crippen molar-refractivity contribution in [1.82, 2.24) is 4.90 Å². The molecule has 3 aromatic rings. The molecule has 0 radical (unpaired) electrons. The van der Waals surface area contributed by atoms with Crippen molar-refractivity contribution in [2.24, 2.45) is 5.92 Å². The van der Waals surface area contributed by atoms with Crippen molar-refractivity contribution in [3.8, 4) is 11.5 Å². The van der Waals surface area contributed by atoms with Gasteiger partial charge in [0.05, 0.1) is 24.3 Å². The SMILES string of the molecule is CC1(C)O[C@@H]2COc3ccccc3[C@@H]2N1C(=O)[C@H](Cc1ccccc1)C[C@H]1CO1.O=C1c2ccccc2OCC1Br. The van der Waals surface area contributed by atoms with Crippen molar-refractivity contribution in [2.45, 2.75) is 55.5 Å². The number of carbonyl (C=O) groups excluding carboxylic acids is 2. The lowest BCUT2D eigenvalue weighted by Crippen LogP contribution is -2.48. The molecule has 4 aliphatic rings. The van der Waals surface area contributed by atoms with Gasteiger partial charge in [-0.15, -0.1) is 0 Å². The van der Waals surface area contributed by atoms with Gasteiger partial charge in [-0.2, -0.15) is 0 Å². The monoisotopic (exact) mass is 619 g/mol. The summed E-state index contributed by atoms with van der Waals surface area (Å²) in [5.74, 6) is 1.65. The summed E-state index contributed by atoms with van der Waals surface area (Å²) in [5.41, 5.74) is 2.19. The van der Waals surface area contributed by atoms with Gasteiger partial charge in [0.1, 0.15) is 41.4 Å². The van der Waals surface area contributed by atoms with Gasteiger partial charge in [-0.3, -0.25) is 9.59 Å². The highest BCUT2D eigenvalue weighted by Crippen LogP contribution is 2.48. The molecule has 1 amide bonds. The second-order valence-corrected chi connectivity index (χ2v) is 12.4. The van der Waals surface area contributed by atoms with Crippen LogP contribution in [0.2, 0.25) is 0 Å². The van der Waals surface area contributed by atoms with E-state index in [4.69, 9.17) is 18.9 Å². The fourth-order valence-corrected chi connectivity index (χ4v) is 6.36. The van der Waals surface area contributed by atoms with Crippen LogP contribution in [0.25, 0.3) is 0 Å². The summed E-state index contributed by atoms with van der Waals surface area (Å²) in [6.07, 6.45) is 1.49. The third-order valence-electron chi connectivity index (χ3n) is 7.97. The van der Waals surface area contributed by atoms with Crippen LogP contribution >= 0.6 is 15.9 Å². The van der Waals surface area contributed by atoms with Crippen LogP contribution < -0.4 is 9.47 Å². The van der Waals surface area contributed by atoms with Crippen molar-refractivity contribution in [1.29, 1.82) is 0 Å². The molecule has 7 nitrogen and oxygen atoms in total. The summed E-state index contributed by atoms with van der Waals surface area (Å²) < 4.78 is 23.0. The van der Waals surface area contributed by atoms with E-state index >= 15 is 0 Å². The number of ether oxygens (including phenoxy) is 4. The van der Waals surface area contributed by atoms with Crippen LogP contribution in [0.5, 0.6) is 11.5 Å². The molecule has 0 spiro atoms. The molecule has 4 aliphatic heterocycles. The minimum absolute atomic E-state index is 0.108. The quantitative estimate of drug-likeness (QED) is 0.267. The summed E-state index contributed by atoms with van der Waals surface area (Å²) in [5, 5.41) is 0. The smallest absolute Gasteiger partial charge is 0.228 e. The van der Waals surface area contributed by atoms with Crippen LogP contribution in [0.3, 0.4) is 0 Å². The number of alkyl halides is 1. The first-order valence-electron chi connectivity index (χ1n) is 14.1. The van der Waals surface area contributed by atoms with Gasteiger partial charge in [0.15, 0.2) is 5.78 Å². The van der Waals surface area contributed by atoms with Crippen LogP contribution in [-0.4, -0.2) is 59.2 Å². The van der Waals surface area contributed by atoms with E-state index in [1.165, 1.54) is 5.56 Å². The van der Waals surface area contributed by atoms with Crippen LogP contribution in [-0.2, 0) is 20.7 Å². The molecule has 0 aliphatic carbocycles. The van der Waals surface area contributed by atoms with Crippen LogP contribution in [0.4, 0.5) is 0 Å². The Morgan fingerprint density at radius 2 is 1.59 bits per heavy atom. The van der Waals surface area contributed by atoms with Crippen molar-refractivity contribution in [2.75, 3.05) is 19.8 Å². The molecule has 2 fully saturated rings. The molecule has 4 heterocycles. The standard InChI is InChI=1S/C24H27NO4.C9H7BrO2/c1-24(2)25(22-19-10-6-7-11-20(19)28-15-21(22)29-24)23(26)17(13-18-14-27-18)12-16-8-4-3-5-9-16;10-7-5-12-8-4-2-1-3-6(8)9(7)11/h3-11,17-18,21-22H,12-15H2,1-2H3;1-4,7H,5H2/t17-,18+,21-,22+;/m1./s1. The lowest BCUT2D eigenvalue weighted by molar-refractivity contribution is -0.152. The number of hydrogen-bond acceptors (Lipinski definition) is 6. The zero-order chi connectivity index (χ0) is 28.6. The van der Waals surface area contributed by atoms with Gasteiger partial charge in [0.25, 0.3) is 0 Å². The second kappa shape index (κ2) is 11.6. The first-order valence-corrected chi connectivity index (χ1v) is 15.0. The van der Waals surface area contributed by atoms with Crippen molar-refractivity contribution in [3.05, 3.63) is 95.6 Å². The first-order chi connectivity index (χ1) is 19.8. The predicted octanol–water partition coefficient (Wildman–Crippen LogP) is 5.76. The molecule has 3 aromatic carbocycles. The molecule has 0 bridgehead atoms. The van der Waals surface area contributed by atoms with E-state index in [9.17, 15) is 9.59 Å². The topological polar surface area (TPSA) is 77.6 Å². The number of rotatable bonds is 5. The van der Waals surface area contributed by atoms with E-state index in [0.717, 1.165) is 24.3 Å². The zero-order valence-corrected chi connectivity index (χ0v) is 24.8. The maximum atomic E-state index is 13.9. The van der Waals surface area contributed by atoms with E-state index in [0.29, 0.717) is 30.9 Å². The lowest BCUT2D eigenvalue weighted by atomic mass is 9.90. The Labute approximate surface area is 248 Å². The lowest BCUT2D eigenvalue weighted by Gasteiger charge is -2.38. The molecule has 1 unspecified atom stereocenters. The van der Waals surface area contributed by atoms with Gasteiger partial charge >= 0.3 is 0 Å². The number of halogens is 1. The summed E-state index contributed by atoms with van der Waals surface area (Å²) in [6.45, 7) is 5.61. The Hall–Kier alpha value is -3.20. The van der Waals surface area contributed by atoms with Crippen LogP contribution in [0.1, 0.15) is 47.8 Å². The Morgan fingerprint density at radius 3 is 2.34 bits per heavy atom. The summed E-state index contributed by atoms with van der Waals surface area (Å²) in [4.78, 5) is 27.2. The molecule has 2 saturated heterocycles. The Morgan fingerprint density at radius 1 is 0.927 bits per heavy atom. The summed E-state index contributed by atoms with van der Waals surface area (Å²) in [6, 6.07) is 25.4.